The Morgan fingerprint density at radius 2 is 1.62 bits per heavy atom. The number of methoxy groups -OCH3 is 2. The first-order valence-electron chi connectivity index (χ1n) is 10.8. The van der Waals surface area contributed by atoms with E-state index in [9.17, 15) is 9.59 Å². The summed E-state index contributed by atoms with van der Waals surface area (Å²) in [6, 6.07) is 13.7. The predicted octanol–water partition coefficient (Wildman–Crippen LogP) is 4.26. The predicted molar refractivity (Wildman–Crippen MR) is 127 cm³/mol. The van der Waals surface area contributed by atoms with E-state index >= 15 is 0 Å². The van der Waals surface area contributed by atoms with Gasteiger partial charge < -0.3 is 23.9 Å². The van der Waals surface area contributed by atoms with Crippen LogP contribution in [0.2, 0.25) is 0 Å². The third kappa shape index (κ3) is 6.71. The van der Waals surface area contributed by atoms with Crippen LogP contribution in [0, 0.1) is 5.92 Å². The maximum Gasteiger partial charge on any atom is 0.329 e. The quantitative estimate of drug-likeness (QED) is 0.354. The summed E-state index contributed by atoms with van der Waals surface area (Å²) in [6.45, 7) is 3.59. The van der Waals surface area contributed by atoms with Gasteiger partial charge in [-0.1, -0.05) is 26.0 Å². The summed E-state index contributed by atoms with van der Waals surface area (Å²) in [6.07, 6.45) is 4.48. The molecule has 3 rings (SSSR count). The molecule has 0 saturated heterocycles. The number of esters is 1. The molecule has 34 heavy (non-hydrogen) atoms. The molecule has 1 heterocycles. The number of nitrogens with one attached hydrogen (secondary N) is 1. The van der Waals surface area contributed by atoms with Crippen molar-refractivity contribution >= 4 is 18.0 Å². The number of hydrogen-bond donors (Lipinski definition) is 1. The Morgan fingerprint density at radius 3 is 2.21 bits per heavy atom. The van der Waals surface area contributed by atoms with Gasteiger partial charge in [-0.05, 0) is 54.0 Å². The maximum absolute atomic E-state index is 12.6. The lowest BCUT2D eigenvalue weighted by atomic mass is 10.0. The Morgan fingerprint density at radius 1 is 1.00 bits per heavy atom. The molecular weight excluding hydrogens is 436 g/mol. The Bertz CT molecular complexity index is 1120. The summed E-state index contributed by atoms with van der Waals surface area (Å²) >= 11 is 0. The molecule has 1 N–H and O–H groups in total. The van der Waals surface area contributed by atoms with E-state index in [1.165, 1.54) is 12.3 Å². The Labute approximate surface area is 198 Å². The number of ether oxygens (including phenoxy) is 3. The number of aromatic nitrogens is 1. The number of amides is 1. The van der Waals surface area contributed by atoms with Gasteiger partial charge in [0.05, 0.1) is 14.2 Å². The van der Waals surface area contributed by atoms with Crippen molar-refractivity contribution in [3.05, 3.63) is 72.1 Å². The summed E-state index contributed by atoms with van der Waals surface area (Å²) in [7, 11) is 3.18. The van der Waals surface area contributed by atoms with Gasteiger partial charge in [0.1, 0.15) is 36.1 Å². The molecule has 8 nitrogen and oxygen atoms in total. The lowest BCUT2D eigenvalue weighted by Gasteiger charge is -2.19. The highest BCUT2D eigenvalue weighted by atomic mass is 16.5. The minimum absolute atomic E-state index is 0.0702. The van der Waals surface area contributed by atoms with Crippen LogP contribution in [-0.2, 0) is 20.9 Å². The van der Waals surface area contributed by atoms with E-state index in [0.29, 0.717) is 11.6 Å². The highest BCUT2D eigenvalue weighted by molar-refractivity contribution is 5.94. The Kier molecular flexibility index (Phi) is 8.45. The number of oxazole rings is 1. The molecule has 0 radical (unpaired) electrons. The molecule has 0 saturated carbocycles. The van der Waals surface area contributed by atoms with E-state index < -0.39 is 17.9 Å². The molecule has 0 bridgehead atoms. The smallest absolute Gasteiger partial charge is 0.329 e. The molecule has 0 fully saturated rings. The zero-order chi connectivity index (χ0) is 24.5. The molecular formula is C26H28N2O6. The van der Waals surface area contributed by atoms with E-state index in [2.05, 4.69) is 10.3 Å². The van der Waals surface area contributed by atoms with Crippen LogP contribution >= 0.6 is 0 Å². The highest BCUT2D eigenvalue weighted by Crippen LogP contribution is 2.22. The topological polar surface area (TPSA) is 99.9 Å². The molecule has 0 aliphatic carbocycles. The Balaban J connectivity index is 1.55. The number of nitrogens with zero attached hydrogens (tertiary/aromatic N) is 1. The van der Waals surface area contributed by atoms with Crippen molar-refractivity contribution in [1.29, 1.82) is 0 Å². The van der Waals surface area contributed by atoms with E-state index in [1.54, 1.807) is 44.6 Å². The molecule has 0 aliphatic rings. The van der Waals surface area contributed by atoms with Crippen molar-refractivity contribution in [2.75, 3.05) is 14.2 Å². The molecule has 1 atom stereocenters. The fraction of sp³-hybridized carbons (Fsp3) is 0.269. The number of hydrogen-bond acceptors (Lipinski definition) is 7. The molecule has 0 spiro atoms. The monoisotopic (exact) mass is 464 g/mol. The number of rotatable bonds is 10. The molecule has 1 amide bonds. The van der Waals surface area contributed by atoms with Crippen molar-refractivity contribution in [2.45, 2.75) is 26.5 Å². The third-order valence-corrected chi connectivity index (χ3v) is 5.01. The lowest BCUT2D eigenvalue weighted by molar-refractivity contribution is -0.150. The van der Waals surface area contributed by atoms with Crippen molar-refractivity contribution in [2.24, 2.45) is 5.92 Å². The molecule has 2 aromatic carbocycles. The number of benzene rings is 2. The second-order valence-electron chi connectivity index (χ2n) is 7.82. The first-order valence-corrected chi connectivity index (χ1v) is 10.8. The third-order valence-electron chi connectivity index (χ3n) is 5.01. The van der Waals surface area contributed by atoms with Gasteiger partial charge in [-0.25, -0.2) is 9.78 Å². The summed E-state index contributed by atoms with van der Waals surface area (Å²) in [5.41, 5.74) is 2.07. The van der Waals surface area contributed by atoms with Crippen molar-refractivity contribution in [1.82, 2.24) is 10.3 Å². The van der Waals surface area contributed by atoms with Crippen LogP contribution in [0.25, 0.3) is 17.5 Å². The van der Waals surface area contributed by atoms with Crippen molar-refractivity contribution in [3.8, 4) is 23.0 Å². The van der Waals surface area contributed by atoms with E-state index in [0.717, 1.165) is 22.6 Å². The average Bonchev–Trinajstić information content (AvgIpc) is 3.34. The molecule has 178 valence electrons. The second kappa shape index (κ2) is 11.7. The maximum atomic E-state index is 12.6. The van der Waals surface area contributed by atoms with Gasteiger partial charge in [0.15, 0.2) is 0 Å². The van der Waals surface area contributed by atoms with Crippen molar-refractivity contribution in [3.63, 3.8) is 0 Å². The minimum atomic E-state index is -0.805. The summed E-state index contributed by atoms with van der Waals surface area (Å²) < 4.78 is 21.1. The van der Waals surface area contributed by atoms with E-state index in [-0.39, 0.29) is 12.5 Å². The summed E-state index contributed by atoms with van der Waals surface area (Å²) in [5, 5.41) is 2.71. The first kappa shape index (κ1) is 24.6. The van der Waals surface area contributed by atoms with Gasteiger partial charge in [0.25, 0.3) is 0 Å². The van der Waals surface area contributed by atoms with Gasteiger partial charge in [-0.2, -0.15) is 0 Å². The van der Waals surface area contributed by atoms with E-state index in [1.807, 2.05) is 38.1 Å². The van der Waals surface area contributed by atoms with Crippen LogP contribution in [0.5, 0.6) is 11.5 Å². The lowest BCUT2D eigenvalue weighted by Crippen LogP contribution is -2.44. The van der Waals surface area contributed by atoms with E-state index in [4.69, 9.17) is 18.6 Å². The van der Waals surface area contributed by atoms with Crippen LogP contribution in [0.3, 0.4) is 0 Å². The molecule has 3 aromatic rings. The van der Waals surface area contributed by atoms with Crippen LogP contribution in [0.1, 0.15) is 25.1 Å². The SMILES string of the molecule is COc1ccc(/C=C/C(=O)NC(C(=O)OCc2coc(-c3ccc(OC)cc3)n2)C(C)C)cc1. The Hall–Kier alpha value is -4.07. The highest BCUT2D eigenvalue weighted by Gasteiger charge is 2.25. The zero-order valence-electron chi connectivity index (χ0n) is 19.6. The van der Waals surface area contributed by atoms with Gasteiger partial charge in [-0.15, -0.1) is 0 Å². The number of carbonyl (C=O) groups is 2. The first-order chi connectivity index (χ1) is 16.4. The zero-order valence-corrected chi connectivity index (χ0v) is 19.6. The number of carbonyl (C=O) groups excluding carboxylic acids is 2. The molecule has 1 aromatic heterocycles. The molecule has 1 unspecified atom stereocenters. The molecule has 8 heteroatoms. The standard InChI is InChI=1S/C26H28N2O6/c1-17(2)24(28-23(29)14-7-18-5-10-21(31-3)11-6-18)26(30)34-16-20-15-33-25(27-20)19-8-12-22(32-4)13-9-19/h5-15,17,24H,16H2,1-4H3,(H,28,29)/b14-7+. The van der Waals surface area contributed by atoms with Crippen LogP contribution < -0.4 is 14.8 Å². The van der Waals surface area contributed by atoms with Crippen molar-refractivity contribution < 1.29 is 28.2 Å². The fourth-order valence-corrected chi connectivity index (χ4v) is 3.06. The minimum Gasteiger partial charge on any atom is -0.497 e. The normalized spacial score (nSPS) is 11.9. The van der Waals surface area contributed by atoms with Gasteiger partial charge in [0, 0.05) is 11.6 Å². The van der Waals surface area contributed by atoms with Crippen LogP contribution in [0.15, 0.2) is 65.3 Å². The molecule has 0 aliphatic heterocycles. The van der Waals surface area contributed by atoms with Gasteiger partial charge >= 0.3 is 5.97 Å². The fourth-order valence-electron chi connectivity index (χ4n) is 3.06. The average molecular weight is 465 g/mol. The largest absolute Gasteiger partial charge is 0.497 e. The van der Waals surface area contributed by atoms with Gasteiger partial charge in [-0.3, -0.25) is 4.79 Å². The van der Waals surface area contributed by atoms with Crippen LogP contribution in [0.4, 0.5) is 0 Å². The summed E-state index contributed by atoms with van der Waals surface area (Å²) in [4.78, 5) is 29.4. The summed E-state index contributed by atoms with van der Waals surface area (Å²) in [5.74, 6) is 0.756. The second-order valence-corrected chi connectivity index (χ2v) is 7.82. The van der Waals surface area contributed by atoms with Crippen LogP contribution in [-0.4, -0.2) is 37.1 Å². The van der Waals surface area contributed by atoms with Gasteiger partial charge in [0.2, 0.25) is 11.8 Å².